The van der Waals surface area contributed by atoms with Crippen LogP contribution in [-0.4, -0.2) is 46.8 Å². The highest BCUT2D eigenvalue weighted by Gasteiger charge is 2.25. The number of aliphatic imine (C=N–C) groups is 1. The van der Waals surface area contributed by atoms with Gasteiger partial charge >= 0.3 is 0 Å². The molecule has 4 rings (SSSR count). The first-order valence-electron chi connectivity index (χ1n) is 9.88. The number of guanidine groups is 1. The van der Waals surface area contributed by atoms with Crippen LogP contribution < -0.4 is 20.8 Å². The molecule has 162 valence electrons. The van der Waals surface area contributed by atoms with Gasteiger partial charge in [-0.05, 0) is 44.2 Å². The molecule has 0 saturated heterocycles. The molecule has 1 amide bonds. The van der Waals surface area contributed by atoms with E-state index in [1.54, 1.807) is 30.4 Å². The molecule has 0 saturated carbocycles. The quantitative estimate of drug-likeness (QED) is 0.484. The number of carbonyl (C=O) groups is 1. The molecule has 0 spiro atoms. The van der Waals surface area contributed by atoms with Crippen LogP contribution in [-0.2, 0) is 4.79 Å². The van der Waals surface area contributed by atoms with E-state index >= 15 is 0 Å². The molecule has 2 heterocycles. The Morgan fingerprint density at radius 2 is 2.13 bits per heavy atom. The van der Waals surface area contributed by atoms with Crippen LogP contribution >= 0.6 is 0 Å². The second-order valence-electron chi connectivity index (χ2n) is 7.53. The largest absolute Gasteiger partial charge is 0.484 e. The third-order valence-electron chi connectivity index (χ3n) is 4.67. The molecule has 0 radical (unpaired) electrons. The van der Waals surface area contributed by atoms with E-state index in [-0.39, 0.29) is 24.3 Å². The number of benzene rings is 2. The van der Waals surface area contributed by atoms with Gasteiger partial charge in [0.2, 0.25) is 5.96 Å². The molecule has 0 aliphatic carbocycles. The van der Waals surface area contributed by atoms with Crippen LogP contribution in [0.2, 0.25) is 0 Å². The molecule has 1 aliphatic rings. The van der Waals surface area contributed by atoms with Gasteiger partial charge in [0.25, 0.3) is 5.91 Å². The van der Waals surface area contributed by atoms with Gasteiger partial charge in [0.15, 0.2) is 6.61 Å². The summed E-state index contributed by atoms with van der Waals surface area (Å²) < 4.78 is 20.1. The molecule has 9 nitrogen and oxygen atoms in total. The highest BCUT2D eigenvalue weighted by Crippen LogP contribution is 2.26. The van der Waals surface area contributed by atoms with Gasteiger partial charge in [-0.25, -0.2) is 14.8 Å². The predicted octanol–water partition coefficient (Wildman–Crippen LogP) is 2.52. The Hall–Kier alpha value is -3.66. The number of nitrogens with one attached hydrogen (secondary N) is 4. The minimum Gasteiger partial charge on any atom is -0.484 e. The van der Waals surface area contributed by atoms with E-state index < -0.39 is 12.0 Å². The van der Waals surface area contributed by atoms with Gasteiger partial charge in [-0.2, -0.15) is 5.10 Å². The Labute approximate surface area is 178 Å². The van der Waals surface area contributed by atoms with Crippen LogP contribution in [0.3, 0.4) is 0 Å². The first-order valence-corrected chi connectivity index (χ1v) is 9.88. The lowest BCUT2D eigenvalue weighted by Crippen LogP contribution is -2.37. The summed E-state index contributed by atoms with van der Waals surface area (Å²) >= 11 is 0. The summed E-state index contributed by atoms with van der Waals surface area (Å²) in [5, 5.41) is 15.5. The zero-order valence-electron chi connectivity index (χ0n) is 17.4. The number of fused-ring (bicyclic) bond motifs is 1. The summed E-state index contributed by atoms with van der Waals surface area (Å²) in [6.07, 6.45) is 1.15. The topological polar surface area (TPSA) is 107 Å². The fourth-order valence-corrected chi connectivity index (χ4v) is 3.22. The fourth-order valence-electron chi connectivity index (χ4n) is 3.22. The first-order chi connectivity index (χ1) is 14.9. The standard InChI is InChI=1S/C21H24FN7O2/c1-12(2)24-19(30)11-31-15-5-6-16(17(22)9-15)20-26-21(29(3)28-20)25-14-4-7-18-13(8-14)10-23-27-18/h4-10,12,20,28H,11H2,1-3H3,(H,23,27)(H,24,30)(H,25,26). The molecular formula is C21H24FN7O2. The van der Waals surface area contributed by atoms with E-state index in [4.69, 9.17) is 4.74 Å². The number of anilines is 1. The van der Waals surface area contributed by atoms with Crippen molar-refractivity contribution in [2.24, 2.45) is 4.99 Å². The molecular weight excluding hydrogens is 401 g/mol. The minimum absolute atomic E-state index is 0.0166. The Bertz CT molecular complexity index is 1130. The minimum atomic E-state index is -0.594. The van der Waals surface area contributed by atoms with E-state index in [9.17, 15) is 9.18 Å². The number of aromatic amines is 1. The SMILES string of the molecule is CC(C)NC(=O)COc1ccc(C2N=C(Nc3ccc4[nH]ncc4c3)N(C)N2)c(F)c1. The molecule has 10 heteroatoms. The maximum Gasteiger partial charge on any atom is 0.258 e. The Kier molecular flexibility index (Phi) is 5.72. The number of hydrogen-bond acceptors (Lipinski definition) is 7. The summed E-state index contributed by atoms with van der Waals surface area (Å²) in [6, 6.07) is 10.3. The summed E-state index contributed by atoms with van der Waals surface area (Å²) in [4.78, 5) is 16.2. The van der Waals surface area contributed by atoms with Gasteiger partial charge in [0, 0.05) is 35.8 Å². The lowest BCUT2D eigenvalue weighted by atomic mass is 10.1. The van der Waals surface area contributed by atoms with Crippen molar-refractivity contribution < 1.29 is 13.9 Å². The number of rotatable bonds is 6. The number of aromatic nitrogens is 2. The summed E-state index contributed by atoms with van der Waals surface area (Å²) in [5.41, 5.74) is 5.25. The van der Waals surface area contributed by atoms with Crippen LogP contribution in [0.5, 0.6) is 5.75 Å². The summed E-state index contributed by atoms with van der Waals surface area (Å²) in [5.74, 6) is 0.102. The molecule has 0 bridgehead atoms. The monoisotopic (exact) mass is 425 g/mol. The zero-order valence-corrected chi connectivity index (χ0v) is 17.4. The maximum atomic E-state index is 14.7. The highest BCUT2D eigenvalue weighted by atomic mass is 19.1. The van der Waals surface area contributed by atoms with Gasteiger partial charge in [0.05, 0.1) is 11.7 Å². The van der Waals surface area contributed by atoms with Gasteiger partial charge in [-0.3, -0.25) is 14.9 Å². The molecule has 2 aromatic carbocycles. The number of nitrogens with zero attached hydrogens (tertiary/aromatic N) is 3. The second kappa shape index (κ2) is 8.60. The number of halogens is 1. The molecule has 31 heavy (non-hydrogen) atoms. The van der Waals surface area contributed by atoms with Crippen LogP contribution in [0.25, 0.3) is 10.9 Å². The van der Waals surface area contributed by atoms with Crippen LogP contribution in [0, 0.1) is 5.82 Å². The molecule has 1 atom stereocenters. The predicted molar refractivity (Wildman–Crippen MR) is 116 cm³/mol. The van der Waals surface area contributed by atoms with Crippen molar-refractivity contribution in [3.8, 4) is 5.75 Å². The molecule has 1 aliphatic heterocycles. The molecule has 4 N–H and O–H groups in total. The number of amides is 1. The number of hydrogen-bond donors (Lipinski definition) is 4. The number of ether oxygens (including phenoxy) is 1. The average molecular weight is 425 g/mol. The lowest BCUT2D eigenvalue weighted by Gasteiger charge is -2.17. The van der Waals surface area contributed by atoms with Gasteiger partial charge in [-0.1, -0.05) is 0 Å². The van der Waals surface area contributed by atoms with E-state index in [1.165, 1.54) is 6.07 Å². The Morgan fingerprint density at radius 1 is 1.29 bits per heavy atom. The summed E-state index contributed by atoms with van der Waals surface area (Å²) in [6.45, 7) is 3.55. The third kappa shape index (κ3) is 4.75. The van der Waals surface area contributed by atoms with Crippen LogP contribution in [0.4, 0.5) is 10.1 Å². The van der Waals surface area contributed by atoms with Crippen molar-refractivity contribution in [1.29, 1.82) is 0 Å². The van der Waals surface area contributed by atoms with Gasteiger partial charge in [-0.15, -0.1) is 0 Å². The Morgan fingerprint density at radius 3 is 2.90 bits per heavy atom. The summed E-state index contributed by atoms with van der Waals surface area (Å²) in [7, 11) is 1.80. The van der Waals surface area contributed by atoms with E-state index in [0.717, 1.165) is 16.6 Å². The Balaban J connectivity index is 1.44. The molecule has 0 fully saturated rings. The lowest BCUT2D eigenvalue weighted by molar-refractivity contribution is -0.123. The van der Waals surface area contributed by atoms with Crippen molar-refractivity contribution >= 4 is 28.5 Å². The van der Waals surface area contributed by atoms with Crippen molar-refractivity contribution in [2.75, 3.05) is 19.0 Å². The first kappa shape index (κ1) is 20.6. The normalized spacial score (nSPS) is 16.0. The average Bonchev–Trinajstić information content (AvgIpc) is 3.32. The van der Waals surface area contributed by atoms with Crippen molar-refractivity contribution in [3.05, 3.63) is 54.0 Å². The smallest absolute Gasteiger partial charge is 0.258 e. The highest BCUT2D eigenvalue weighted by molar-refractivity contribution is 5.96. The zero-order chi connectivity index (χ0) is 22.0. The van der Waals surface area contributed by atoms with Crippen molar-refractivity contribution in [1.82, 2.24) is 25.9 Å². The van der Waals surface area contributed by atoms with Crippen molar-refractivity contribution in [2.45, 2.75) is 26.1 Å². The third-order valence-corrected chi connectivity index (χ3v) is 4.67. The van der Waals surface area contributed by atoms with E-state index in [0.29, 0.717) is 11.5 Å². The van der Waals surface area contributed by atoms with Crippen molar-refractivity contribution in [3.63, 3.8) is 0 Å². The van der Waals surface area contributed by atoms with Gasteiger partial charge < -0.3 is 15.4 Å². The molecule has 1 unspecified atom stereocenters. The fraction of sp³-hybridized carbons (Fsp3) is 0.286. The number of carbonyl (C=O) groups excluding carboxylic acids is 1. The second-order valence-corrected chi connectivity index (χ2v) is 7.53. The van der Waals surface area contributed by atoms with Crippen LogP contribution in [0.1, 0.15) is 25.6 Å². The van der Waals surface area contributed by atoms with E-state index in [1.807, 2.05) is 32.0 Å². The maximum absolute atomic E-state index is 14.7. The van der Waals surface area contributed by atoms with E-state index in [2.05, 4.69) is 31.2 Å². The van der Waals surface area contributed by atoms with Crippen LogP contribution in [0.15, 0.2) is 47.6 Å². The molecule has 3 aromatic rings. The number of hydrazine groups is 1. The number of H-pyrrole nitrogens is 1. The van der Waals surface area contributed by atoms with Gasteiger partial charge in [0.1, 0.15) is 17.7 Å². The molecule has 1 aromatic heterocycles.